The number of hydrazine groups is 2. The number of carbonyl (C=O) groups is 2. The Morgan fingerprint density at radius 3 is 1.98 bits per heavy atom. The molecule has 2 aromatic rings. The van der Waals surface area contributed by atoms with E-state index in [4.69, 9.17) is 14.2 Å². The first-order chi connectivity index (χ1) is 19.4. The van der Waals surface area contributed by atoms with Crippen LogP contribution in [-0.4, -0.2) is 59.5 Å². The summed E-state index contributed by atoms with van der Waals surface area (Å²) in [5.74, 6) is -0.373. The number of rotatable bonds is 17. The van der Waals surface area contributed by atoms with Crippen molar-refractivity contribution in [1.29, 1.82) is 0 Å². The summed E-state index contributed by atoms with van der Waals surface area (Å²) in [5.41, 5.74) is 9.97. The highest BCUT2D eigenvalue weighted by Gasteiger charge is 2.31. The molecule has 0 heterocycles. The number of aryl methyl sites for hydroxylation is 2. The highest BCUT2D eigenvalue weighted by molar-refractivity contribution is 7.55. The lowest BCUT2D eigenvalue weighted by atomic mass is 9.93. The van der Waals surface area contributed by atoms with Crippen molar-refractivity contribution in [2.75, 3.05) is 32.7 Å². The van der Waals surface area contributed by atoms with Gasteiger partial charge in [-0.2, -0.15) is 0 Å². The summed E-state index contributed by atoms with van der Waals surface area (Å²) in [6.45, 7) is 11.3. The number of hydrogen-bond donors (Lipinski definition) is 4. The lowest BCUT2D eigenvalue weighted by molar-refractivity contribution is -0.143. The summed E-state index contributed by atoms with van der Waals surface area (Å²) in [4.78, 5) is 35.4. The first kappa shape index (κ1) is 34.3. The van der Waals surface area contributed by atoms with Crippen molar-refractivity contribution in [3.8, 4) is 11.5 Å². The number of benzene rings is 2. The van der Waals surface area contributed by atoms with Crippen LogP contribution in [0.3, 0.4) is 0 Å². The number of aromatic hydroxyl groups is 1. The molecule has 0 saturated carbocycles. The molecule has 228 valence electrons. The van der Waals surface area contributed by atoms with E-state index in [2.05, 4.69) is 10.9 Å². The van der Waals surface area contributed by atoms with Gasteiger partial charge in [-0.25, -0.2) is 10.9 Å². The Kier molecular flexibility index (Phi) is 13.8. The molecule has 0 aromatic heterocycles. The van der Waals surface area contributed by atoms with Gasteiger partial charge in [0.2, 0.25) is 0 Å². The van der Waals surface area contributed by atoms with Gasteiger partial charge in [-0.15, -0.1) is 0 Å². The Labute approximate surface area is 242 Å². The second-order valence-electron chi connectivity index (χ2n) is 10.1. The summed E-state index contributed by atoms with van der Waals surface area (Å²) in [7, 11) is -4.30. The van der Waals surface area contributed by atoms with Gasteiger partial charge >= 0.3 is 19.5 Å². The number of ether oxygens (including phenoxy) is 3. The van der Waals surface area contributed by atoms with Crippen LogP contribution >= 0.6 is 7.52 Å². The van der Waals surface area contributed by atoms with Gasteiger partial charge in [0, 0.05) is 0 Å². The topological polar surface area (TPSA) is 147 Å². The van der Waals surface area contributed by atoms with Gasteiger partial charge in [0.25, 0.3) is 0 Å². The van der Waals surface area contributed by atoms with E-state index in [1.807, 2.05) is 53.7 Å². The molecule has 2 aromatic carbocycles. The van der Waals surface area contributed by atoms with Crippen LogP contribution in [0.25, 0.3) is 0 Å². The Balaban J connectivity index is 2.13. The number of nitrogens with zero attached hydrogens (tertiary/aromatic N) is 1. The zero-order chi connectivity index (χ0) is 30.6. The van der Waals surface area contributed by atoms with Crippen molar-refractivity contribution in [3.63, 3.8) is 0 Å². The summed E-state index contributed by atoms with van der Waals surface area (Å²) < 4.78 is 29.0. The normalized spacial score (nSPS) is 12.8. The van der Waals surface area contributed by atoms with Crippen LogP contribution in [0.4, 0.5) is 0 Å². The van der Waals surface area contributed by atoms with Crippen LogP contribution < -0.4 is 15.6 Å². The molecule has 0 aliphatic carbocycles. The highest BCUT2D eigenvalue weighted by Crippen LogP contribution is 2.42. The largest absolute Gasteiger partial charge is 0.508 e. The number of phenolic OH excluding ortho intramolecular Hbond substituents is 1. The van der Waals surface area contributed by atoms with Crippen LogP contribution in [0.1, 0.15) is 74.3 Å². The van der Waals surface area contributed by atoms with Gasteiger partial charge in [0.05, 0.1) is 13.2 Å². The molecule has 0 amide bonds. The molecule has 11 nitrogen and oxygen atoms in total. The molecule has 0 fully saturated rings. The molecule has 0 spiro atoms. The Morgan fingerprint density at radius 1 is 0.951 bits per heavy atom. The molecule has 4 N–H and O–H groups in total. The van der Waals surface area contributed by atoms with Crippen LogP contribution in [0.2, 0.25) is 0 Å². The van der Waals surface area contributed by atoms with Crippen LogP contribution in [0, 0.1) is 13.8 Å². The minimum Gasteiger partial charge on any atom is -0.508 e. The molecular weight excluding hydrogens is 549 g/mol. The molecular formula is C29H44N3O8P. The third-order valence-corrected chi connectivity index (χ3v) is 7.53. The van der Waals surface area contributed by atoms with E-state index < -0.39 is 38.9 Å². The van der Waals surface area contributed by atoms with E-state index in [1.54, 1.807) is 18.2 Å². The van der Waals surface area contributed by atoms with Crippen molar-refractivity contribution >= 4 is 19.5 Å². The zero-order valence-corrected chi connectivity index (χ0v) is 25.8. The van der Waals surface area contributed by atoms with Crippen molar-refractivity contribution in [3.05, 3.63) is 58.1 Å². The molecule has 12 heteroatoms. The smallest absolute Gasteiger partial charge is 0.333 e. The van der Waals surface area contributed by atoms with Gasteiger partial charge in [-0.1, -0.05) is 44.7 Å². The lowest BCUT2D eigenvalue weighted by Gasteiger charge is -2.27. The first-order valence-electron chi connectivity index (χ1n) is 13.8. The minimum atomic E-state index is -4.30. The summed E-state index contributed by atoms with van der Waals surface area (Å²) in [6.07, 6.45) is 1.29. The highest BCUT2D eigenvalue weighted by atomic mass is 31.2. The third-order valence-electron chi connectivity index (χ3n) is 6.16. The monoisotopic (exact) mass is 593 g/mol. The fourth-order valence-electron chi connectivity index (χ4n) is 4.00. The molecule has 1 atom stereocenters. The van der Waals surface area contributed by atoms with Crippen molar-refractivity contribution in [2.45, 2.75) is 66.7 Å². The van der Waals surface area contributed by atoms with Gasteiger partial charge in [-0.3, -0.25) is 14.2 Å². The second-order valence-corrected chi connectivity index (χ2v) is 12.1. The molecule has 0 aliphatic heterocycles. The van der Waals surface area contributed by atoms with E-state index in [-0.39, 0.29) is 24.9 Å². The van der Waals surface area contributed by atoms with E-state index in [1.165, 1.54) is 0 Å². The van der Waals surface area contributed by atoms with E-state index in [0.717, 1.165) is 32.7 Å². The molecule has 0 aliphatic rings. The number of hydrogen-bond acceptors (Lipinski definition) is 9. The van der Waals surface area contributed by atoms with E-state index in [0.29, 0.717) is 25.0 Å². The maximum absolute atomic E-state index is 13.2. The standard InChI is InChI=1S/C29H44N3O8P/c1-7-11-38-28(34)17-30-32(31-18-29(35)39-12-8-2)41(36,37)19-40-24-13-21(5)26(22(6)14-24)16-23-9-10-27(33)25(15-23)20(3)4/h9-10,13-15,20,30-31,33H,7-8,11-12,16-19H2,1-6H3,(H,36,37). The SMILES string of the molecule is CCCOC(=O)CNN(NCC(=O)OCCC)P(=O)(O)COc1cc(C)c(Cc2ccc(O)c(C(C)C)c2)c(C)c1. The fourth-order valence-corrected chi connectivity index (χ4v) is 5.02. The predicted octanol–water partition coefficient (Wildman–Crippen LogP) is 4.46. The number of esters is 2. The Hall–Kier alpha value is -2.95. The predicted molar refractivity (Wildman–Crippen MR) is 157 cm³/mol. The fraction of sp³-hybridized carbons (Fsp3) is 0.517. The Bertz CT molecular complexity index is 1170. The third kappa shape index (κ3) is 11.1. The average molecular weight is 594 g/mol. The van der Waals surface area contributed by atoms with Crippen molar-refractivity contribution < 1.29 is 38.4 Å². The van der Waals surface area contributed by atoms with E-state index in [9.17, 15) is 24.2 Å². The molecule has 0 bridgehead atoms. The van der Waals surface area contributed by atoms with E-state index >= 15 is 0 Å². The van der Waals surface area contributed by atoms with Gasteiger partial charge in [0.15, 0.2) is 6.35 Å². The lowest BCUT2D eigenvalue weighted by Crippen LogP contribution is -2.50. The maximum atomic E-state index is 13.2. The number of carbonyl (C=O) groups excluding carboxylic acids is 2. The molecule has 0 radical (unpaired) electrons. The van der Waals surface area contributed by atoms with Crippen LogP contribution in [0.5, 0.6) is 11.5 Å². The summed E-state index contributed by atoms with van der Waals surface area (Å²) in [5, 5.41) is 10.2. The summed E-state index contributed by atoms with van der Waals surface area (Å²) >= 11 is 0. The average Bonchev–Trinajstić information content (AvgIpc) is 2.92. The van der Waals surface area contributed by atoms with Crippen LogP contribution in [0.15, 0.2) is 30.3 Å². The molecule has 0 saturated heterocycles. The second kappa shape index (κ2) is 16.5. The molecule has 2 rings (SSSR count). The summed E-state index contributed by atoms with van der Waals surface area (Å²) in [6, 6.07) is 9.21. The number of nitrogens with one attached hydrogen (secondary N) is 2. The molecule has 1 unspecified atom stereocenters. The van der Waals surface area contributed by atoms with Crippen LogP contribution in [-0.2, 0) is 30.0 Å². The Morgan fingerprint density at radius 2 is 1.49 bits per heavy atom. The van der Waals surface area contributed by atoms with Crippen molar-refractivity contribution in [1.82, 2.24) is 15.7 Å². The quantitative estimate of drug-likeness (QED) is 0.117. The van der Waals surface area contributed by atoms with Crippen molar-refractivity contribution in [2.24, 2.45) is 0 Å². The maximum Gasteiger partial charge on any atom is 0.333 e. The van der Waals surface area contributed by atoms with Gasteiger partial charge in [-0.05, 0) is 85.0 Å². The number of phenols is 1. The van der Waals surface area contributed by atoms with Gasteiger partial charge in [0.1, 0.15) is 24.6 Å². The van der Waals surface area contributed by atoms with Gasteiger partial charge < -0.3 is 24.2 Å². The first-order valence-corrected chi connectivity index (χ1v) is 15.6. The zero-order valence-electron chi connectivity index (χ0n) is 24.9. The minimum absolute atomic E-state index is 0.189. The molecule has 41 heavy (non-hydrogen) atoms.